The molecule has 0 unspecified atom stereocenters. The van der Waals surface area contributed by atoms with Crippen LogP contribution in [0.4, 0.5) is 11.6 Å². The average molecular weight is 508 g/mol. The summed E-state index contributed by atoms with van der Waals surface area (Å²) in [6, 6.07) is 12.7. The molecule has 0 saturated carbocycles. The number of thiol groups is 1. The largest absolute Gasteiger partial charge is 0.339 e. The standard InChI is InChI=1S/C27H33N5O3S/c1-4-20-16-29-27(30-23-14-18(2)13-19(3)15-23)31-25(20)17-28-22-9-11-32(12-10-22)26(33)21-5-7-24(8-6-21)36(34)35/h5-8,13-16,22,28,36H,4,9-12,17H2,1-3H3,(H,29,30,31). The van der Waals surface area contributed by atoms with Crippen LogP contribution in [0.2, 0.25) is 0 Å². The van der Waals surface area contributed by atoms with Gasteiger partial charge >= 0.3 is 0 Å². The lowest BCUT2D eigenvalue weighted by Gasteiger charge is -2.32. The van der Waals surface area contributed by atoms with Crippen LogP contribution in [0.25, 0.3) is 0 Å². The number of rotatable bonds is 8. The van der Waals surface area contributed by atoms with Crippen LogP contribution in [0.3, 0.4) is 0 Å². The van der Waals surface area contributed by atoms with E-state index in [2.05, 4.69) is 54.6 Å². The monoisotopic (exact) mass is 507 g/mol. The maximum atomic E-state index is 12.8. The van der Waals surface area contributed by atoms with Crippen molar-refractivity contribution in [3.63, 3.8) is 0 Å². The van der Waals surface area contributed by atoms with Crippen molar-refractivity contribution < 1.29 is 13.2 Å². The highest BCUT2D eigenvalue weighted by atomic mass is 32.2. The smallest absolute Gasteiger partial charge is 0.253 e. The number of amides is 1. The summed E-state index contributed by atoms with van der Waals surface area (Å²) >= 11 is 0. The zero-order valence-corrected chi connectivity index (χ0v) is 21.8. The van der Waals surface area contributed by atoms with Crippen LogP contribution in [0.1, 0.15) is 52.5 Å². The third-order valence-corrected chi connectivity index (χ3v) is 7.20. The molecule has 1 aliphatic heterocycles. The van der Waals surface area contributed by atoms with Crippen LogP contribution < -0.4 is 10.6 Å². The van der Waals surface area contributed by atoms with E-state index in [0.29, 0.717) is 31.1 Å². The second-order valence-electron chi connectivity index (χ2n) is 9.27. The summed E-state index contributed by atoms with van der Waals surface area (Å²) in [6.45, 7) is 8.19. The topological polar surface area (TPSA) is 104 Å². The molecule has 2 N–H and O–H groups in total. The van der Waals surface area contributed by atoms with Gasteiger partial charge in [0.1, 0.15) is 0 Å². The Hall–Kier alpha value is -3.30. The maximum Gasteiger partial charge on any atom is 0.253 e. The second-order valence-corrected chi connectivity index (χ2v) is 10.3. The second kappa shape index (κ2) is 11.6. The first-order valence-electron chi connectivity index (χ1n) is 12.3. The minimum Gasteiger partial charge on any atom is -0.339 e. The van der Waals surface area contributed by atoms with Gasteiger partial charge in [0.05, 0.1) is 10.6 Å². The predicted octanol–water partition coefficient (Wildman–Crippen LogP) is 3.76. The van der Waals surface area contributed by atoms with Crippen molar-refractivity contribution in [2.45, 2.75) is 57.5 Å². The number of nitrogens with one attached hydrogen (secondary N) is 2. The first-order valence-corrected chi connectivity index (χ1v) is 13.5. The summed E-state index contributed by atoms with van der Waals surface area (Å²) in [5.41, 5.74) is 5.96. The van der Waals surface area contributed by atoms with Gasteiger partial charge < -0.3 is 15.5 Å². The van der Waals surface area contributed by atoms with Gasteiger partial charge in [-0.05, 0) is 86.2 Å². The zero-order valence-electron chi connectivity index (χ0n) is 21.0. The van der Waals surface area contributed by atoms with Crippen LogP contribution in [0, 0.1) is 13.8 Å². The van der Waals surface area contributed by atoms with Gasteiger partial charge in [-0.15, -0.1) is 0 Å². The zero-order chi connectivity index (χ0) is 25.7. The van der Waals surface area contributed by atoms with E-state index < -0.39 is 10.7 Å². The van der Waals surface area contributed by atoms with Crippen LogP contribution in [-0.4, -0.2) is 48.3 Å². The lowest BCUT2D eigenvalue weighted by atomic mass is 10.0. The summed E-state index contributed by atoms with van der Waals surface area (Å²) in [7, 11) is -2.64. The number of anilines is 2. The van der Waals surface area contributed by atoms with E-state index in [0.717, 1.165) is 36.2 Å². The van der Waals surface area contributed by atoms with Crippen molar-refractivity contribution in [3.05, 3.63) is 76.6 Å². The normalized spacial score (nSPS) is 14.3. The van der Waals surface area contributed by atoms with Crippen LogP contribution >= 0.6 is 0 Å². The molecule has 1 aliphatic rings. The molecular formula is C27H33N5O3S. The van der Waals surface area contributed by atoms with E-state index in [1.54, 1.807) is 12.1 Å². The highest BCUT2D eigenvalue weighted by Crippen LogP contribution is 2.20. The van der Waals surface area contributed by atoms with E-state index in [4.69, 9.17) is 4.98 Å². The Morgan fingerprint density at radius 2 is 1.72 bits per heavy atom. The minimum absolute atomic E-state index is 0.0627. The number of carbonyl (C=O) groups is 1. The van der Waals surface area contributed by atoms with Gasteiger partial charge in [-0.3, -0.25) is 4.79 Å². The predicted molar refractivity (Wildman–Crippen MR) is 141 cm³/mol. The molecule has 0 bridgehead atoms. The molecule has 0 atom stereocenters. The van der Waals surface area contributed by atoms with Crippen molar-refractivity contribution in [2.24, 2.45) is 0 Å². The van der Waals surface area contributed by atoms with Crippen LogP contribution in [0.15, 0.2) is 53.6 Å². The fraction of sp³-hybridized carbons (Fsp3) is 0.370. The van der Waals surface area contributed by atoms with Crippen molar-refractivity contribution >= 4 is 28.2 Å². The number of hydrogen-bond donors (Lipinski definition) is 3. The Morgan fingerprint density at radius 3 is 2.33 bits per heavy atom. The maximum absolute atomic E-state index is 12.8. The van der Waals surface area contributed by atoms with Gasteiger partial charge in [-0.1, -0.05) is 13.0 Å². The molecule has 1 fully saturated rings. The summed E-state index contributed by atoms with van der Waals surface area (Å²) in [6.07, 6.45) is 4.44. The van der Waals surface area contributed by atoms with E-state index >= 15 is 0 Å². The van der Waals surface area contributed by atoms with Gasteiger partial charge in [0.15, 0.2) is 10.7 Å². The molecule has 1 saturated heterocycles. The third-order valence-electron chi connectivity index (χ3n) is 6.48. The molecule has 190 valence electrons. The first-order chi connectivity index (χ1) is 17.3. The Labute approximate surface area is 214 Å². The summed E-state index contributed by atoms with van der Waals surface area (Å²) in [5.74, 6) is 0.522. The molecule has 9 heteroatoms. The third kappa shape index (κ3) is 6.47. The summed E-state index contributed by atoms with van der Waals surface area (Å²) in [4.78, 5) is 24.2. The Bertz CT molecular complexity index is 1270. The van der Waals surface area contributed by atoms with Gasteiger partial charge in [0.25, 0.3) is 5.91 Å². The molecule has 3 aromatic rings. The molecule has 1 amide bonds. The van der Waals surface area contributed by atoms with Crippen molar-refractivity contribution in [1.29, 1.82) is 0 Å². The molecule has 0 spiro atoms. The van der Waals surface area contributed by atoms with Crippen molar-refractivity contribution in [1.82, 2.24) is 20.2 Å². The summed E-state index contributed by atoms with van der Waals surface area (Å²) < 4.78 is 22.1. The van der Waals surface area contributed by atoms with Gasteiger partial charge in [-0.25, -0.2) is 18.4 Å². The molecule has 4 rings (SSSR count). The van der Waals surface area contributed by atoms with E-state index in [9.17, 15) is 13.2 Å². The Morgan fingerprint density at radius 1 is 1.06 bits per heavy atom. The molecule has 2 heterocycles. The molecule has 36 heavy (non-hydrogen) atoms. The molecule has 8 nitrogen and oxygen atoms in total. The Balaban J connectivity index is 1.33. The van der Waals surface area contributed by atoms with E-state index in [-0.39, 0.29) is 16.8 Å². The average Bonchev–Trinajstić information content (AvgIpc) is 2.87. The highest BCUT2D eigenvalue weighted by Gasteiger charge is 2.24. The number of carbonyl (C=O) groups excluding carboxylic acids is 1. The first kappa shape index (κ1) is 25.8. The van der Waals surface area contributed by atoms with Crippen LogP contribution in [-0.2, 0) is 23.7 Å². The lowest BCUT2D eigenvalue weighted by molar-refractivity contribution is 0.0704. The number of aryl methyl sites for hydroxylation is 3. The SMILES string of the molecule is CCc1cnc(Nc2cc(C)cc(C)c2)nc1CNC1CCN(C(=O)c2ccc([SH](=O)=O)cc2)CC1. The molecule has 2 aromatic carbocycles. The van der Waals surface area contributed by atoms with E-state index in [1.165, 1.54) is 23.3 Å². The molecule has 0 aliphatic carbocycles. The number of aromatic nitrogens is 2. The number of nitrogens with zero attached hydrogens (tertiary/aromatic N) is 3. The molecule has 1 aromatic heterocycles. The van der Waals surface area contributed by atoms with Crippen LogP contribution in [0.5, 0.6) is 0 Å². The number of hydrogen-bond acceptors (Lipinski definition) is 7. The Kier molecular flexibility index (Phi) is 8.32. The summed E-state index contributed by atoms with van der Waals surface area (Å²) in [5, 5.41) is 6.95. The molecule has 0 radical (unpaired) electrons. The fourth-order valence-corrected chi connectivity index (χ4v) is 4.96. The van der Waals surface area contributed by atoms with Crippen molar-refractivity contribution in [3.8, 4) is 0 Å². The number of likely N-dealkylation sites (tertiary alicyclic amines) is 1. The van der Waals surface area contributed by atoms with Gasteiger partial charge in [-0.2, -0.15) is 0 Å². The lowest BCUT2D eigenvalue weighted by Crippen LogP contribution is -2.44. The minimum atomic E-state index is -2.64. The number of piperidine rings is 1. The highest BCUT2D eigenvalue weighted by molar-refractivity contribution is 7.72. The van der Waals surface area contributed by atoms with Gasteiger partial charge in [0.2, 0.25) is 5.95 Å². The van der Waals surface area contributed by atoms with Crippen molar-refractivity contribution in [2.75, 3.05) is 18.4 Å². The fourth-order valence-electron chi connectivity index (χ4n) is 4.56. The quantitative estimate of drug-likeness (QED) is 0.399. The number of benzene rings is 2. The van der Waals surface area contributed by atoms with E-state index in [1.807, 2.05) is 11.1 Å². The molecular weight excluding hydrogens is 474 g/mol. The van der Waals surface area contributed by atoms with Gasteiger partial charge in [0, 0.05) is 43.1 Å².